The molecule has 2 aromatic carbocycles. The average Bonchev–Trinajstić information content (AvgIpc) is 3.21. The van der Waals surface area contributed by atoms with Crippen LogP contribution in [-0.4, -0.2) is 43.9 Å². The van der Waals surface area contributed by atoms with Crippen molar-refractivity contribution in [2.75, 3.05) is 21.3 Å². The second-order valence-corrected chi connectivity index (χ2v) is 7.48. The Kier molecular flexibility index (Phi) is 6.54. The van der Waals surface area contributed by atoms with E-state index in [0.29, 0.717) is 35.1 Å². The lowest BCUT2D eigenvalue weighted by molar-refractivity contribution is -0.791. The molecule has 2 aromatic rings. The molecule has 2 aliphatic heterocycles. The molecular formula is C25H24N5O4+. The zero-order valence-electron chi connectivity index (χ0n) is 19.1. The van der Waals surface area contributed by atoms with Crippen molar-refractivity contribution in [3.05, 3.63) is 82.9 Å². The van der Waals surface area contributed by atoms with Crippen LogP contribution in [0.3, 0.4) is 0 Å². The third-order valence-corrected chi connectivity index (χ3v) is 5.65. The van der Waals surface area contributed by atoms with Crippen molar-refractivity contribution in [3.63, 3.8) is 0 Å². The van der Waals surface area contributed by atoms with E-state index in [-0.39, 0.29) is 11.0 Å². The second-order valence-electron chi connectivity index (χ2n) is 7.48. The summed E-state index contributed by atoms with van der Waals surface area (Å²) in [6.45, 7) is 0.425. The molecule has 0 aromatic heterocycles. The number of hydrogen-bond donors (Lipinski definition) is 1. The summed E-state index contributed by atoms with van der Waals surface area (Å²) < 4.78 is 15.7. The number of ether oxygens (including phenoxy) is 3. The van der Waals surface area contributed by atoms with Crippen LogP contribution in [0.4, 0.5) is 0 Å². The van der Waals surface area contributed by atoms with Crippen molar-refractivity contribution in [2.24, 2.45) is 9.98 Å². The molecule has 1 atom stereocenters. The Balaban J connectivity index is 1.74. The number of nitriles is 1. The van der Waals surface area contributed by atoms with Gasteiger partial charge < -0.3 is 14.2 Å². The van der Waals surface area contributed by atoms with Gasteiger partial charge >= 0.3 is 5.97 Å². The second kappa shape index (κ2) is 9.70. The SMILES string of the molecule is COC(=O)c1ccc(C2=NC(CC#N)=C3C=NC=C[N+]23NCc2ccc(OC)cc2OC)cc1. The number of allylic oxidation sites excluding steroid dienone is 2. The summed E-state index contributed by atoms with van der Waals surface area (Å²) in [6.07, 6.45) is 5.41. The molecule has 0 radical (unpaired) electrons. The van der Waals surface area contributed by atoms with Crippen molar-refractivity contribution in [1.82, 2.24) is 5.43 Å². The average molecular weight is 458 g/mol. The molecule has 0 fully saturated rings. The first-order chi connectivity index (χ1) is 16.6. The smallest absolute Gasteiger partial charge is 0.337 e. The van der Waals surface area contributed by atoms with E-state index in [2.05, 4.69) is 16.5 Å². The van der Waals surface area contributed by atoms with Crippen LogP contribution in [0.5, 0.6) is 11.5 Å². The highest BCUT2D eigenvalue weighted by Crippen LogP contribution is 2.35. The van der Waals surface area contributed by atoms with Crippen LogP contribution in [-0.2, 0) is 11.3 Å². The predicted molar refractivity (Wildman–Crippen MR) is 126 cm³/mol. The summed E-state index contributed by atoms with van der Waals surface area (Å²) in [5, 5.41) is 9.38. The van der Waals surface area contributed by atoms with Gasteiger partial charge in [-0.25, -0.2) is 4.79 Å². The number of carbonyl (C=O) groups is 1. The minimum atomic E-state index is -0.414. The number of hydrogen-bond acceptors (Lipinski definition) is 8. The third-order valence-electron chi connectivity index (χ3n) is 5.65. The fourth-order valence-corrected chi connectivity index (χ4v) is 3.92. The number of carbonyl (C=O) groups excluding carboxylic acids is 1. The molecule has 0 aliphatic carbocycles. The highest BCUT2D eigenvalue weighted by molar-refractivity contribution is 6.01. The first kappa shape index (κ1) is 22.9. The Morgan fingerprint density at radius 1 is 1.12 bits per heavy atom. The van der Waals surface area contributed by atoms with Crippen LogP contribution >= 0.6 is 0 Å². The van der Waals surface area contributed by atoms with E-state index >= 15 is 0 Å². The van der Waals surface area contributed by atoms with Gasteiger partial charge in [0.25, 0.3) is 5.84 Å². The normalized spacial score (nSPS) is 18.2. The highest BCUT2D eigenvalue weighted by Gasteiger charge is 2.46. The van der Waals surface area contributed by atoms with Crippen LogP contribution in [0.15, 0.2) is 76.2 Å². The molecule has 0 bridgehead atoms. The fourth-order valence-electron chi connectivity index (χ4n) is 3.92. The minimum Gasteiger partial charge on any atom is -0.497 e. The molecule has 0 saturated carbocycles. The number of methoxy groups -OCH3 is 3. The number of aliphatic imine (C=N–C) groups is 2. The molecule has 2 heterocycles. The van der Waals surface area contributed by atoms with Crippen LogP contribution < -0.4 is 14.9 Å². The maximum Gasteiger partial charge on any atom is 0.337 e. The molecule has 4 rings (SSSR count). The van der Waals surface area contributed by atoms with E-state index in [4.69, 9.17) is 19.2 Å². The Hall–Kier alpha value is -4.26. The topological polar surface area (TPSA) is 105 Å². The molecule has 2 aliphatic rings. The summed E-state index contributed by atoms with van der Waals surface area (Å²) in [7, 11) is 4.56. The van der Waals surface area contributed by atoms with Crippen LogP contribution in [0, 0.1) is 11.3 Å². The summed E-state index contributed by atoms with van der Waals surface area (Å²) in [4.78, 5) is 21.0. The predicted octanol–water partition coefficient (Wildman–Crippen LogP) is 3.45. The van der Waals surface area contributed by atoms with Gasteiger partial charge in [0.05, 0.1) is 63.9 Å². The summed E-state index contributed by atoms with van der Waals surface area (Å²) in [6, 6.07) is 14.8. The van der Waals surface area contributed by atoms with E-state index in [1.54, 1.807) is 38.8 Å². The lowest BCUT2D eigenvalue weighted by Gasteiger charge is -2.32. The standard InChI is InChI=1S/C25H24N5O4/c1-32-20-9-8-19(23(14-20)33-2)15-28-30-13-12-27-16-22(30)21(10-11-26)29-24(30)17-4-6-18(7-5-17)25(31)34-3/h4-9,12-14,16,28H,10,15H2,1-3H3/q+1. The number of benzene rings is 2. The van der Waals surface area contributed by atoms with Gasteiger partial charge in [0, 0.05) is 11.6 Å². The molecule has 9 nitrogen and oxygen atoms in total. The van der Waals surface area contributed by atoms with Crippen molar-refractivity contribution < 1.29 is 23.6 Å². The van der Waals surface area contributed by atoms with Crippen LogP contribution in [0.25, 0.3) is 0 Å². The van der Waals surface area contributed by atoms with Crippen LogP contribution in [0.1, 0.15) is 27.9 Å². The van der Waals surface area contributed by atoms with E-state index in [1.807, 2.05) is 36.5 Å². The maximum absolute atomic E-state index is 11.9. The van der Waals surface area contributed by atoms with E-state index in [9.17, 15) is 10.1 Å². The Morgan fingerprint density at radius 3 is 2.59 bits per heavy atom. The van der Waals surface area contributed by atoms with E-state index < -0.39 is 5.97 Å². The number of amidine groups is 1. The van der Waals surface area contributed by atoms with Gasteiger partial charge in [0.1, 0.15) is 23.4 Å². The van der Waals surface area contributed by atoms with Crippen molar-refractivity contribution in [1.29, 1.82) is 5.26 Å². The lowest BCUT2D eigenvalue weighted by Crippen LogP contribution is -2.56. The largest absolute Gasteiger partial charge is 0.497 e. The number of rotatable bonds is 8. The molecule has 1 N–H and O–H groups in total. The summed E-state index contributed by atoms with van der Waals surface area (Å²) in [5.41, 5.74) is 7.08. The molecular weight excluding hydrogens is 434 g/mol. The maximum atomic E-state index is 11.9. The van der Waals surface area contributed by atoms with Gasteiger partial charge in [-0.3, -0.25) is 4.99 Å². The number of nitrogens with one attached hydrogen (secondary N) is 1. The van der Waals surface area contributed by atoms with E-state index in [0.717, 1.165) is 16.8 Å². The van der Waals surface area contributed by atoms with Crippen LogP contribution in [0.2, 0.25) is 0 Å². The van der Waals surface area contributed by atoms with Crippen molar-refractivity contribution in [3.8, 4) is 17.6 Å². The van der Waals surface area contributed by atoms with Gasteiger partial charge in [0.15, 0.2) is 0 Å². The van der Waals surface area contributed by atoms with Gasteiger partial charge in [-0.1, -0.05) is 6.07 Å². The third kappa shape index (κ3) is 4.08. The minimum absolute atomic E-state index is 0.0628. The molecule has 1 unspecified atom stereocenters. The van der Waals surface area contributed by atoms with Gasteiger partial charge in [-0.15, -0.1) is 10.0 Å². The Bertz CT molecular complexity index is 1270. The monoisotopic (exact) mass is 458 g/mol. The zero-order chi connectivity index (χ0) is 24.1. The molecule has 9 heteroatoms. The van der Waals surface area contributed by atoms with Gasteiger partial charge in [0.2, 0.25) is 5.70 Å². The molecule has 172 valence electrons. The Morgan fingerprint density at radius 2 is 1.91 bits per heavy atom. The first-order valence-corrected chi connectivity index (χ1v) is 10.5. The first-order valence-electron chi connectivity index (χ1n) is 10.5. The number of esters is 1. The van der Waals surface area contributed by atoms with Crippen molar-refractivity contribution in [2.45, 2.75) is 13.0 Å². The van der Waals surface area contributed by atoms with E-state index in [1.165, 1.54) is 7.11 Å². The summed E-state index contributed by atoms with van der Waals surface area (Å²) in [5.74, 6) is 1.63. The highest BCUT2D eigenvalue weighted by atomic mass is 16.5. The quantitative estimate of drug-likeness (QED) is 0.480. The molecule has 0 spiro atoms. The lowest BCUT2D eigenvalue weighted by atomic mass is 10.1. The molecule has 0 amide bonds. The Labute approximate surface area is 197 Å². The number of nitrogens with zero attached hydrogens (tertiary/aromatic N) is 4. The number of quaternary nitrogens is 1. The zero-order valence-corrected chi connectivity index (χ0v) is 19.1. The van der Waals surface area contributed by atoms with Crippen molar-refractivity contribution >= 4 is 18.0 Å². The number of fused-ring (bicyclic) bond motifs is 1. The fraction of sp³-hybridized carbons (Fsp3) is 0.200. The van der Waals surface area contributed by atoms with Gasteiger partial charge in [-0.2, -0.15) is 10.3 Å². The summed E-state index contributed by atoms with van der Waals surface area (Å²) >= 11 is 0. The molecule has 0 saturated heterocycles. The van der Waals surface area contributed by atoms with Gasteiger partial charge in [-0.05, 0) is 30.3 Å². The molecule has 34 heavy (non-hydrogen) atoms.